The van der Waals surface area contributed by atoms with Crippen molar-refractivity contribution in [3.05, 3.63) is 58.7 Å². The predicted octanol–water partition coefficient (Wildman–Crippen LogP) is 3.61. The first-order chi connectivity index (χ1) is 13.3. The van der Waals surface area contributed by atoms with Gasteiger partial charge < -0.3 is 10.1 Å². The van der Waals surface area contributed by atoms with Gasteiger partial charge in [-0.3, -0.25) is 15.1 Å². The highest BCUT2D eigenvalue weighted by Crippen LogP contribution is 2.34. The molecule has 0 saturated heterocycles. The number of nitro benzene ring substituents is 1. The Labute approximate surface area is 155 Å². The van der Waals surface area contributed by atoms with Crippen LogP contribution in [-0.4, -0.2) is 32.0 Å². The van der Waals surface area contributed by atoms with Crippen LogP contribution in [-0.2, 0) is 6.18 Å². The fourth-order valence-electron chi connectivity index (χ4n) is 2.23. The predicted molar refractivity (Wildman–Crippen MR) is 91.0 cm³/mol. The zero-order valence-electron chi connectivity index (χ0n) is 14.1. The van der Waals surface area contributed by atoms with E-state index in [9.17, 15) is 23.3 Å². The quantitative estimate of drug-likeness (QED) is 0.517. The highest BCUT2D eigenvalue weighted by atomic mass is 19.4. The third-order valence-corrected chi connectivity index (χ3v) is 3.47. The summed E-state index contributed by atoms with van der Waals surface area (Å²) in [6.07, 6.45) is -0.946. The van der Waals surface area contributed by atoms with Crippen LogP contribution in [0.1, 0.15) is 5.69 Å². The number of benzene rings is 1. The Morgan fingerprint density at radius 2 is 1.96 bits per heavy atom. The lowest BCUT2D eigenvalue weighted by Crippen LogP contribution is -2.11. The molecule has 2 aromatic heterocycles. The van der Waals surface area contributed by atoms with Crippen molar-refractivity contribution < 1.29 is 22.8 Å². The van der Waals surface area contributed by atoms with Crippen LogP contribution in [0.4, 0.5) is 30.4 Å². The normalized spacial score (nSPS) is 11.1. The van der Waals surface area contributed by atoms with E-state index in [-0.39, 0.29) is 34.5 Å². The van der Waals surface area contributed by atoms with E-state index in [1.807, 2.05) is 0 Å². The van der Waals surface area contributed by atoms with Gasteiger partial charge in [0.05, 0.1) is 18.2 Å². The minimum absolute atomic E-state index is 0.0109. The molecule has 0 aliphatic carbocycles. The lowest BCUT2D eigenvalue weighted by Gasteiger charge is -2.12. The zero-order chi connectivity index (χ0) is 20.3. The number of hydrogen-bond donors (Lipinski definition) is 1. The Morgan fingerprint density at radius 1 is 1.18 bits per heavy atom. The molecule has 0 atom stereocenters. The van der Waals surface area contributed by atoms with Crippen molar-refractivity contribution in [2.45, 2.75) is 6.18 Å². The lowest BCUT2D eigenvalue weighted by molar-refractivity contribution is -0.383. The molecule has 0 saturated carbocycles. The number of halogens is 3. The number of methoxy groups -OCH3 is 1. The Hall–Kier alpha value is -3.83. The average Bonchev–Trinajstić information content (AvgIpc) is 2.67. The molecule has 12 heteroatoms. The number of aromatic nitrogens is 4. The van der Waals surface area contributed by atoms with E-state index in [4.69, 9.17) is 4.74 Å². The van der Waals surface area contributed by atoms with Crippen LogP contribution >= 0.6 is 0 Å². The molecular weight excluding hydrogens is 381 g/mol. The van der Waals surface area contributed by atoms with Gasteiger partial charge in [0.25, 0.3) is 5.69 Å². The largest absolute Gasteiger partial charge is 0.497 e. The lowest BCUT2D eigenvalue weighted by atomic mass is 10.2. The average molecular weight is 392 g/mol. The SMILES string of the molecule is COc1ccc([N+](=O)[O-])c(Nc2cc(C(F)(F)F)nc(-c3cnccn3)n2)c1. The van der Waals surface area contributed by atoms with Crippen molar-refractivity contribution in [3.63, 3.8) is 0 Å². The first-order valence-corrected chi connectivity index (χ1v) is 7.60. The molecule has 0 unspecified atom stereocenters. The van der Waals surface area contributed by atoms with Crippen LogP contribution in [0.5, 0.6) is 5.75 Å². The molecule has 0 amide bonds. The Bertz CT molecular complexity index is 1010. The zero-order valence-corrected chi connectivity index (χ0v) is 14.1. The highest BCUT2D eigenvalue weighted by molar-refractivity contribution is 5.70. The summed E-state index contributed by atoms with van der Waals surface area (Å²) in [7, 11) is 1.35. The van der Waals surface area contributed by atoms with Gasteiger partial charge in [-0.2, -0.15) is 13.2 Å². The van der Waals surface area contributed by atoms with Crippen LogP contribution in [0.25, 0.3) is 11.5 Å². The third-order valence-electron chi connectivity index (χ3n) is 3.47. The van der Waals surface area contributed by atoms with E-state index in [2.05, 4.69) is 25.3 Å². The Balaban J connectivity index is 2.11. The van der Waals surface area contributed by atoms with Crippen molar-refractivity contribution in [2.24, 2.45) is 0 Å². The van der Waals surface area contributed by atoms with E-state index in [1.54, 1.807) is 0 Å². The molecule has 1 N–H and O–H groups in total. The second kappa shape index (κ2) is 7.42. The van der Waals surface area contributed by atoms with Gasteiger partial charge in [-0.15, -0.1) is 0 Å². The first kappa shape index (κ1) is 18.9. The molecule has 0 aliphatic heterocycles. The van der Waals surface area contributed by atoms with E-state index in [0.717, 1.165) is 6.07 Å². The molecule has 0 bridgehead atoms. The molecule has 0 radical (unpaired) electrons. The van der Waals surface area contributed by atoms with E-state index < -0.39 is 16.8 Å². The second-order valence-corrected chi connectivity index (χ2v) is 5.32. The van der Waals surface area contributed by atoms with Crippen molar-refractivity contribution in [1.29, 1.82) is 0 Å². The summed E-state index contributed by atoms with van der Waals surface area (Å²) in [4.78, 5) is 25.6. The second-order valence-electron chi connectivity index (χ2n) is 5.32. The van der Waals surface area contributed by atoms with Crippen molar-refractivity contribution in [1.82, 2.24) is 19.9 Å². The van der Waals surface area contributed by atoms with E-state index >= 15 is 0 Å². The molecule has 3 aromatic rings. The van der Waals surface area contributed by atoms with Crippen molar-refractivity contribution >= 4 is 17.2 Å². The van der Waals surface area contributed by atoms with Gasteiger partial charge >= 0.3 is 6.18 Å². The standard InChI is InChI=1S/C16H11F3N6O3/c1-28-9-2-3-12(25(26)27)10(6-9)22-14-7-13(16(17,18)19)23-15(24-14)11-8-20-4-5-21-11/h2-8H,1H3,(H,22,23,24). The fraction of sp³-hybridized carbons (Fsp3) is 0.125. The summed E-state index contributed by atoms with van der Waals surface area (Å²) in [5.74, 6) is -0.373. The number of nitrogens with zero attached hydrogens (tertiary/aromatic N) is 5. The van der Waals surface area contributed by atoms with Gasteiger partial charge in [0.15, 0.2) is 11.5 Å². The minimum Gasteiger partial charge on any atom is -0.497 e. The summed E-state index contributed by atoms with van der Waals surface area (Å²) in [6, 6.07) is 4.44. The summed E-state index contributed by atoms with van der Waals surface area (Å²) in [6.45, 7) is 0. The number of alkyl halides is 3. The maximum atomic E-state index is 13.2. The number of anilines is 2. The number of ether oxygens (including phenoxy) is 1. The monoisotopic (exact) mass is 392 g/mol. The van der Waals surface area contributed by atoms with Gasteiger partial charge in [0, 0.05) is 30.6 Å². The molecule has 9 nitrogen and oxygen atoms in total. The van der Waals surface area contributed by atoms with Gasteiger partial charge in [0.1, 0.15) is 22.9 Å². The van der Waals surface area contributed by atoms with E-state index in [0.29, 0.717) is 6.07 Å². The summed E-state index contributed by atoms with van der Waals surface area (Å²) in [5.41, 5.74) is -1.69. The molecule has 1 aromatic carbocycles. The minimum atomic E-state index is -4.77. The topological polar surface area (TPSA) is 116 Å². The number of nitro groups is 1. The maximum absolute atomic E-state index is 13.2. The number of hydrogen-bond acceptors (Lipinski definition) is 8. The third kappa shape index (κ3) is 4.11. The molecular formula is C16H11F3N6O3. The summed E-state index contributed by atoms with van der Waals surface area (Å²) in [5, 5.41) is 13.8. The summed E-state index contributed by atoms with van der Waals surface area (Å²) >= 11 is 0. The Morgan fingerprint density at radius 3 is 2.57 bits per heavy atom. The van der Waals surface area contributed by atoms with E-state index in [1.165, 1.54) is 37.8 Å². The molecule has 3 rings (SSSR count). The molecule has 0 fully saturated rings. The molecule has 144 valence electrons. The molecule has 2 heterocycles. The first-order valence-electron chi connectivity index (χ1n) is 7.60. The van der Waals surface area contributed by atoms with Crippen LogP contribution in [0.2, 0.25) is 0 Å². The van der Waals surface area contributed by atoms with Gasteiger partial charge in [-0.25, -0.2) is 15.0 Å². The Kier molecular flexibility index (Phi) is 5.02. The van der Waals surface area contributed by atoms with Gasteiger partial charge in [0.2, 0.25) is 0 Å². The smallest absolute Gasteiger partial charge is 0.433 e. The molecule has 0 spiro atoms. The van der Waals surface area contributed by atoms with Crippen LogP contribution in [0.3, 0.4) is 0 Å². The maximum Gasteiger partial charge on any atom is 0.433 e. The van der Waals surface area contributed by atoms with Gasteiger partial charge in [-0.05, 0) is 6.07 Å². The van der Waals surface area contributed by atoms with Gasteiger partial charge in [-0.1, -0.05) is 0 Å². The van der Waals surface area contributed by atoms with Crippen LogP contribution in [0.15, 0.2) is 42.9 Å². The van der Waals surface area contributed by atoms with Crippen LogP contribution < -0.4 is 10.1 Å². The number of rotatable bonds is 5. The fourth-order valence-corrected chi connectivity index (χ4v) is 2.23. The highest BCUT2D eigenvalue weighted by Gasteiger charge is 2.34. The molecule has 0 aliphatic rings. The van der Waals surface area contributed by atoms with Crippen molar-refractivity contribution in [3.8, 4) is 17.3 Å². The van der Waals surface area contributed by atoms with Crippen molar-refractivity contribution in [2.75, 3.05) is 12.4 Å². The number of nitrogens with one attached hydrogen (secondary N) is 1. The summed E-state index contributed by atoms with van der Waals surface area (Å²) < 4.78 is 44.7. The molecule has 28 heavy (non-hydrogen) atoms. The van der Waals surface area contributed by atoms with Crippen LogP contribution in [0, 0.1) is 10.1 Å².